The van der Waals surface area contributed by atoms with Gasteiger partial charge < -0.3 is 14.9 Å². The molecule has 2 N–H and O–H groups in total. The molecule has 72 valence electrons. The van der Waals surface area contributed by atoms with Crippen LogP contribution in [0.1, 0.15) is 11.1 Å². The van der Waals surface area contributed by atoms with Crippen LogP contribution in [0.2, 0.25) is 0 Å². The second-order valence-electron chi connectivity index (χ2n) is 2.79. The average Bonchev–Trinajstić information content (AvgIpc) is 2.13. The van der Waals surface area contributed by atoms with Gasteiger partial charge in [0.25, 0.3) is 0 Å². The Balaban J connectivity index is 3.56. The van der Waals surface area contributed by atoms with Gasteiger partial charge in [0.05, 0.1) is 10.7 Å². The molecule has 0 saturated heterocycles. The third-order valence-corrected chi connectivity index (χ3v) is 3.03. The summed E-state index contributed by atoms with van der Waals surface area (Å²) in [5.74, 6) is 0.705. The van der Waals surface area contributed by atoms with Gasteiger partial charge in [0.15, 0.2) is 0 Å². The number of phenols is 2. The van der Waals surface area contributed by atoms with Crippen molar-refractivity contribution in [2.75, 3.05) is 7.11 Å². The standard InChI is InChI=1S/C9H11IO3/c1-4-7(11)6(10)8(12)5(2)9(4)13-3/h11-12H,1-3H3. The number of ether oxygens (including phenoxy) is 1. The monoisotopic (exact) mass is 294 g/mol. The van der Waals surface area contributed by atoms with E-state index in [1.165, 1.54) is 7.11 Å². The van der Waals surface area contributed by atoms with E-state index in [1.807, 2.05) is 22.6 Å². The molecule has 0 aliphatic heterocycles. The van der Waals surface area contributed by atoms with Gasteiger partial charge in [0, 0.05) is 11.1 Å². The Labute approximate surface area is 90.5 Å². The van der Waals surface area contributed by atoms with Gasteiger partial charge in [-0.25, -0.2) is 0 Å². The second-order valence-corrected chi connectivity index (χ2v) is 3.87. The highest BCUT2D eigenvalue weighted by molar-refractivity contribution is 14.1. The van der Waals surface area contributed by atoms with Crippen LogP contribution in [0.5, 0.6) is 17.2 Å². The van der Waals surface area contributed by atoms with Crippen LogP contribution in [0.3, 0.4) is 0 Å². The van der Waals surface area contributed by atoms with E-state index >= 15 is 0 Å². The highest BCUT2D eigenvalue weighted by atomic mass is 127. The zero-order valence-corrected chi connectivity index (χ0v) is 9.84. The van der Waals surface area contributed by atoms with Crippen LogP contribution in [0, 0.1) is 17.4 Å². The van der Waals surface area contributed by atoms with E-state index in [0.29, 0.717) is 20.4 Å². The maximum absolute atomic E-state index is 9.58. The first kappa shape index (κ1) is 10.4. The van der Waals surface area contributed by atoms with Gasteiger partial charge in [-0.05, 0) is 36.4 Å². The molecule has 1 aromatic rings. The highest BCUT2D eigenvalue weighted by Gasteiger charge is 2.17. The lowest BCUT2D eigenvalue weighted by atomic mass is 10.1. The molecule has 0 aliphatic rings. The van der Waals surface area contributed by atoms with Gasteiger partial charge >= 0.3 is 0 Å². The minimum Gasteiger partial charge on any atom is -0.506 e. The Bertz CT molecular complexity index is 318. The summed E-state index contributed by atoms with van der Waals surface area (Å²) in [6.07, 6.45) is 0. The van der Waals surface area contributed by atoms with Crippen molar-refractivity contribution in [2.45, 2.75) is 13.8 Å². The van der Waals surface area contributed by atoms with Crippen molar-refractivity contribution in [2.24, 2.45) is 0 Å². The van der Waals surface area contributed by atoms with Crippen LogP contribution in [0.4, 0.5) is 0 Å². The van der Waals surface area contributed by atoms with Crippen molar-refractivity contribution < 1.29 is 14.9 Å². The molecular formula is C9H11IO3. The number of phenolic OH excluding ortho intramolecular Hbond substituents is 2. The molecule has 0 aliphatic carbocycles. The van der Waals surface area contributed by atoms with E-state index in [1.54, 1.807) is 13.8 Å². The second kappa shape index (κ2) is 3.61. The van der Waals surface area contributed by atoms with E-state index in [0.717, 1.165) is 0 Å². The Kier molecular flexibility index (Phi) is 2.90. The fourth-order valence-corrected chi connectivity index (χ4v) is 2.05. The van der Waals surface area contributed by atoms with Crippen LogP contribution >= 0.6 is 22.6 Å². The molecule has 4 heteroatoms. The number of halogens is 1. The predicted molar refractivity (Wildman–Crippen MR) is 58.5 cm³/mol. The summed E-state index contributed by atoms with van der Waals surface area (Å²) < 4.78 is 5.54. The quantitative estimate of drug-likeness (QED) is 0.782. The lowest BCUT2D eigenvalue weighted by molar-refractivity contribution is 0.386. The Morgan fingerprint density at radius 3 is 1.77 bits per heavy atom. The number of hydrogen-bond acceptors (Lipinski definition) is 3. The van der Waals surface area contributed by atoms with Crippen molar-refractivity contribution in [3.63, 3.8) is 0 Å². The molecule has 0 fully saturated rings. The summed E-state index contributed by atoms with van der Waals surface area (Å²) in [5.41, 5.74) is 1.31. The van der Waals surface area contributed by atoms with Gasteiger partial charge in [-0.2, -0.15) is 0 Å². The number of methoxy groups -OCH3 is 1. The number of hydrogen-bond donors (Lipinski definition) is 2. The molecule has 0 bridgehead atoms. The SMILES string of the molecule is COc1c(C)c(O)c(I)c(O)c1C. The van der Waals surface area contributed by atoms with E-state index < -0.39 is 0 Å². The molecule has 0 atom stereocenters. The van der Waals surface area contributed by atoms with Gasteiger partial charge in [-0.15, -0.1) is 0 Å². The number of benzene rings is 1. The molecule has 0 unspecified atom stereocenters. The Morgan fingerprint density at radius 2 is 1.46 bits per heavy atom. The fraction of sp³-hybridized carbons (Fsp3) is 0.333. The summed E-state index contributed by atoms with van der Waals surface area (Å²) in [4.78, 5) is 0. The van der Waals surface area contributed by atoms with Gasteiger partial charge in [-0.1, -0.05) is 0 Å². The minimum absolute atomic E-state index is 0.0838. The van der Waals surface area contributed by atoms with Crippen LogP contribution < -0.4 is 4.74 Å². The zero-order valence-electron chi connectivity index (χ0n) is 7.68. The van der Waals surface area contributed by atoms with Crippen molar-refractivity contribution in [1.29, 1.82) is 0 Å². The molecule has 1 rings (SSSR count). The lowest BCUT2D eigenvalue weighted by Crippen LogP contribution is -1.94. The zero-order chi connectivity index (χ0) is 10.2. The molecular weight excluding hydrogens is 283 g/mol. The average molecular weight is 294 g/mol. The minimum atomic E-state index is 0.0838. The van der Waals surface area contributed by atoms with E-state index in [2.05, 4.69) is 0 Å². The van der Waals surface area contributed by atoms with Crippen molar-refractivity contribution in [3.8, 4) is 17.2 Å². The Hall–Kier alpha value is -0.650. The third kappa shape index (κ3) is 1.54. The topological polar surface area (TPSA) is 49.7 Å². The number of rotatable bonds is 1. The summed E-state index contributed by atoms with van der Waals surface area (Å²) >= 11 is 1.90. The Morgan fingerprint density at radius 1 is 1.08 bits per heavy atom. The molecule has 13 heavy (non-hydrogen) atoms. The summed E-state index contributed by atoms with van der Waals surface area (Å²) in [5, 5.41) is 19.2. The van der Waals surface area contributed by atoms with Gasteiger partial charge in [0.1, 0.15) is 17.2 Å². The maximum atomic E-state index is 9.58. The molecule has 0 heterocycles. The summed E-state index contributed by atoms with van der Waals surface area (Å²) in [6, 6.07) is 0. The molecule has 0 saturated carbocycles. The lowest BCUT2D eigenvalue weighted by Gasteiger charge is -2.13. The van der Waals surface area contributed by atoms with Gasteiger partial charge in [0.2, 0.25) is 0 Å². The molecule has 1 aromatic carbocycles. The fourth-order valence-electron chi connectivity index (χ4n) is 1.24. The third-order valence-electron chi connectivity index (χ3n) is 2.01. The van der Waals surface area contributed by atoms with Crippen molar-refractivity contribution in [3.05, 3.63) is 14.7 Å². The van der Waals surface area contributed by atoms with E-state index in [-0.39, 0.29) is 11.5 Å². The van der Waals surface area contributed by atoms with E-state index in [9.17, 15) is 10.2 Å². The number of aromatic hydroxyl groups is 2. The van der Waals surface area contributed by atoms with Crippen LogP contribution in [0.15, 0.2) is 0 Å². The maximum Gasteiger partial charge on any atom is 0.139 e. The smallest absolute Gasteiger partial charge is 0.139 e. The molecule has 0 amide bonds. The van der Waals surface area contributed by atoms with Crippen LogP contribution in [0.25, 0.3) is 0 Å². The molecule has 3 nitrogen and oxygen atoms in total. The van der Waals surface area contributed by atoms with Crippen molar-refractivity contribution in [1.82, 2.24) is 0 Å². The summed E-state index contributed by atoms with van der Waals surface area (Å²) in [7, 11) is 1.51. The molecule has 0 spiro atoms. The largest absolute Gasteiger partial charge is 0.506 e. The highest BCUT2D eigenvalue weighted by Crippen LogP contribution is 2.41. The molecule has 0 radical (unpaired) electrons. The normalized spacial score (nSPS) is 10.2. The van der Waals surface area contributed by atoms with Crippen LogP contribution in [-0.2, 0) is 0 Å². The van der Waals surface area contributed by atoms with E-state index in [4.69, 9.17) is 4.74 Å². The first-order valence-corrected chi connectivity index (χ1v) is 4.83. The molecule has 0 aromatic heterocycles. The van der Waals surface area contributed by atoms with Crippen LogP contribution in [-0.4, -0.2) is 17.3 Å². The van der Waals surface area contributed by atoms with Gasteiger partial charge in [-0.3, -0.25) is 0 Å². The first-order chi connectivity index (χ1) is 6.00. The first-order valence-electron chi connectivity index (χ1n) is 3.75. The predicted octanol–water partition coefficient (Wildman–Crippen LogP) is 2.33. The van der Waals surface area contributed by atoms with Crippen molar-refractivity contribution >= 4 is 22.6 Å². The summed E-state index contributed by atoms with van der Waals surface area (Å²) in [6.45, 7) is 3.51.